The molecule has 2 N–H and O–H groups in total. The van der Waals surface area contributed by atoms with E-state index < -0.39 is 11.9 Å². The second kappa shape index (κ2) is 14.7. The smallest absolute Gasteiger partial charge is 0.303 e. The molecule has 6 heteroatoms. The predicted molar refractivity (Wildman–Crippen MR) is 113 cm³/mol. The average molecular weight is 409 g/mol. The average Bonchev–Trinajstić information content (AvgIpc) is 2.64. The minimum Gasteiger partial charge on any atom is -0.490 e. The number of carbonyl (C=O) groups is 2. The second-order valence-electron chi connectivity index (χ2n) is 7.58. The lowest BCUT2D eigenvalue weighted by molar-refractivity contribution is -0.138. The maximum atomic E-state index is 10.6. The van der Waals surface area contributed by atoms with Gasteiger partial charge in [0.05, 0.1) is 13.2 Å². The number of rotatable bonds is 17. The molecule has 1 aromatic rings. The molecule has 0 aliphatic rings. The van der Waals surface area contributed by atoms with Gasteiger partial charge >= 0.3 is 11.9 Å². The molecule has 1 rings (SSSR count). The minimum atomic E-state index is -0.814. The fourth-order valence-corrected chi connectivity index (χ4v) is 3.23. The van der Waals surface area contributed by atoms with Crippen LogP contribution < -0.4 is 9.47 Å². The molecule has 0 spiro atoms. The van der Waals surface area contributed by atoms with E-state index in [0.717, 1.165) is 61.8 Å². The maximum absolute atomic E-state index is 10.6. The molecule has 1 aromatic carbocycles. The number of hydrogen-bond acceptors (Lipinski definition) is 4. The van der Waals surface area contributed by atoms with Crippen molar-refractivity contribution in [3.05, 3.63) is 23.3 Å². The summed E-state index contributed by atoms with van der Waals surface area (Å²) in [5.41, 5.74) is 2.12. The molecular formula is C23H36O6. The first-order valence-electron chi connectivity index (χ1n) is 10.7. The van der Waals surface area contributed by atoms with E-state index in [1.807, 2.05) is 19.9 Å². The number of carboxylic acids is 2. The molecule has 0 bridgehead atoms. The van der Waals surface area contributed by atoms with Crippen LogP contribution in [0.4, 0.5) is 0 Å². The maximum Gasteiger partial charge on any atom is 0.303 e. The van der Waals surface area contributed by atoms with Crippen LogP contribution in [0.5, 0.6) is 11.5 Å². The van der Waals surface area contributed by atoms with Gasteiger partial charge in [-0.15, -0.1) is 0 Å². The van der Waals surface area contributed by atoms with Crippen molar-refractivity contribution >= 4 is 11.9 Å². The van der Waals surface area contributed by atoms with Crippen LogP contribution in [0.2, 0.25) is 0 Å². The Hall–Kier alpha value is -2.24. The molecule has 29 heavy (non-hydrogen) atoms. The van der Waals surface area contributed by atoms with Crippen molar-refractivity contribution in [1.29, 1.82) is 0 Å². The Bertz CT molecular complexity index is 626. The molecule has 164 valence electrons. The van der Waals surface area contributed by atoms with Crippen LogP contribution in [-0.4, -0.2) is 35.4 Å². The summed E-state index contributed by atoms with van der Waals surface area (Å²) >= 11 is 0. The van der Waals surface area contributed by atoms with E-state index in [0.29, 0.717) is 25.4 Å². The van der Waals surface area contributed by atoms with Gasteiger partial charge in [-0.05, 0) is 50.3 Å². The topological polar surface area (TPSA) is 93.1 Å². The minimum absolute atomic E-state index is 0.0978. The molecule has 6 nitrogen and oxygen atoms in total. The quantitative estimate of drug-likeness (QED) is 0.330. The van der Waals surface area contributed by atoms with Crippen LogP contribution in [0.3, 0.4) is 0 Å². The highest BCUT2D eigenvalue weighted by Crippen LogP contribution is 2.33. The number of aliphatic carboxylic acids is 2. The van der Waals surface area contributed by atoms with E-state index in [4.69, 9.17) is 19.7 Å². The van der Waals surface area contributed by atoms with Gasteiger partial charge in [0, 0.05) is 12.8 Å². The third-order valence-electron chi connectivity index (χ3n) is 4.71. The van der Waals surface area contributed by atoms with Gasteiger partial charge in [-0.2, -0.15) is 0 Å². The third-order valence-corrected chi connectivity index (χ3v) is 4.71. The Kier molecular flexibility index (Phi) is 12.6. The number of hydrogen-bond donors (Lipinski definition) is 2. The first-order chi connectivity index (χ1) is 13.9. The van der Waals surface area contributed by atoms with Crippen LogP contribution in [-0.2, 0) is 9.59 Å². The summed E-state index contributed by atoms with van der Waals surface area (Å²) in [6, 6.07) is 4.00. The molecule has 0 aliphatic heterocycles. The van der Waals surface area contributed by atoms with Crippen LogP contribution in [0.25, 0.3) is 0 Å². The molecule has 0 amide bonds. The molecule has 0 saturated heterocycles. The van der Waals surface area contributed by atoms with Gasteiger partial charge in [0.25, 0.3) is 0 Å². The molecule has 0 aliphatic carbocycles. The van der Waals surface area contributed by atoms with E-state index in [-0.39, 0.29) is 12.8 Å². The van der Waals surface area contributed by atoms with E-state index in [9.17, 15) is 9.59 Å². The SMILES string of the molecule is Cc1cc(C)c(OCCCCCCCCCCC(=O)O)c(OCCCC(=O)O)c1. The lowest BCUT2D eigenvalue weighted by Gasteiger charge is -2.16. The summed E-state index contributed by atoms with van der Waals surface area (Å²) in [6.45, 7) is 4.99. The standard InChI is InChI=1S/C23H36O6/c1-18-16-19(2)23(20(17-18)28-15-11-13-22(26)27)29-14-10-8-6-4-3-5-7-9-12-21(24)25/h16-17H,3-15H2,1-2H3,(H,24,25)(H,26,27). The summed E-state index contributed by atoms with van der Waals surface area (Å²) in [7, 11) is 0. The molecule has 0 heterocycles. The van der Waals surface area contributed by atoms with E-state index in [1.54, 1.807) is 0 Å². The zero-order valence-electron chi connectivity index (χ0n) is 17.9. The summed E-state index contributed by atoms with van der Waals surface area (Å²) in [5, 5.41) is 17.3. The Morgan fingerprint density at radius 3 is 1.86 bits per heavy atom. The highest BCUT2D eigenvalue weighted by molar-refractivity contribution is 5.66. The normalized spacial score (nSPS) is 10.7. The number of carboxylic acid groups (broad SMARTS) is 2. The van der Waals surface area contributed by atoms with Crippen LogP contribution >= 0.6 is 0 Å². The van der Waals surface area contributed by atoms with Gasteiger partial charge in [-0.25, -0.2) is 0 Å². The monoisotopic (exact) mass is 408 g/mol. The molecular weight excluding hydrogens is 372 g/mol. The summed E-state index contributed by atoms with van der Waals surface area (Å²) in [4.78, 5) is 21.1. The predicted octanol–water partition coefficient (Wildman–Crippen LogP) is 5.52. The van der Waals surface area contributed by atoms with Crippen molar-refractivity contribution in [2.24, 2.45) is 0 Å². The van der Waals surface area contributed by atoms with E-state index in [2.05, 4.69) is 6.07 Å². The van der Waals surface area contributed by atoms with E-state index >= 15 is 0 Å². The summed E-state index contributed by atoms with van der Waals surface area (Å²) < 4.78 is 11.8. The lowest BCUT2D eigenvalue weighted by atomic mass is 10.1. The van der Waals surface area contributed by atoms with Crippen molar-refractivity contribution in [3.63, 3.8) is 0 Å². The lowest BCUT2D eigenvalue weighted by Crippen LogP contribution is -2.06. The van der Waals surface area contributed by atoms with Crippen LogP contribution in [0.15, 0.2) is 12.1 Å². The Labute approximate surface area is 174 Å². The van der Waals surface area contributed by atoms with Crippen molar-refractivity contribution in [2.45, 2.75) is 84.5 Å². The first-order valence-corrected chi connectivity index (χ1v) is 10.7. The van der Waals surface area contributed by atoms with Crippen LogP contribution in [0, 0.1) is 13.8 Å². The van der Waals surface area contributed by atoms with Gasteiger partial charge in [0.15, 0.2) is 11.5 Å². The first kappa shape index (κ1) is 24.8. The number of ether oxygens (including phenoxy) is 2. The number of aryl methyl sites for hydroxylation is 2. The summed E-state index contributed by atoms with van der Waals surface area (Å²) in [5.74, 6) is -0.0769. The van der Waals surface area contributed by atoms with Crippen LogP contribution in [0.1, 0.15) is 81.8 Å². The number of unbranched alkanes of at least 4 members (excludes halogenated alkanes) is 7. The largest absolute Gasteiger partial charge is 0.490 e. The fraction of sp³-hybridized carbons (Fsp3) is 0.652. The molecule has 0 aromatic heterocycles. The van der Waals surface area contributed by atoms with Crippen molar-refractivity contribution in [3.8, 4) is 11.5 Å². The number of benzene rings is 1. The van der Waals surface area contributed by atoms with Gasteiger partial charge in [-0.1, -0.05) is 44.6 Å². The van der Waals surface area contributed by atoms with E-state index in [1.165, 1.54) is 6.42 Å². The molecule has 0 radical (unpaired) electrons. The molecule has 0 unspecified atom stereocenters. The third kappa shape index (κ3) is 12.0. The second-order valence-corrected chi connectivity index (χ2v) is 7.58. The van der Waals surface area contributed by atoms with Crippen molar-refractivity contribution < 1.29 is 29.3 Å². The highest BCUT2D eigenvalue weighted by Gasteiger charge is 2.10. The molecule has 0 atom stereocenters. The highest BCUT2D eigenvalue weighted by atomic mass is 16.5. The molecule has 0 fully saturated rings. The fourth-order valence-electron chi connectivity index (χ4n) is 3.23. The van der Waals surface area contributed by atoms with Crippen molar-refractivity contribution in [2.75, 3.05) is 13.2 Å². The molecule has 0 saturated carbocycles. The Balaban J connectivity index is 2.24. The van der Waals surface area contributed by atoms with Gasteiger partial charge in [0.2, 0.25) is 0 Å². The Morgan fingerprint density at radius 2 is 1.24 bits per heavy atom. The summed E-state index contributed by atoms with van der Waals surface area (Å²) in [6.07, 6.45) is 9.31. The Morgan fingerprint density at radius 1 is 0.724 bits per heavy atom. The van der Waals surface area contributed by atoms with Gasteiger partial charge < -0.3 is 19.7 Å². The zero-order chi connectivity index (χ0) is 21.5. The van der Waals surface area contributed by atoms with Gasteiger partial charge in [-0.3, -0.25) is 9.59 Å². The van der Waals surface area contributed by atoms with Crippen molar-refractivity contribution in [1.82, 2.24) is 0 Å². The van der Waals surface area contributed by atoms with Gasteiger partial charge in [0.1, 0.15) is 0 Å². The zero-order valence-corrected chi connectivity index (χ0v) is 17.9.